The average molecular weight is 369 g/mol. The summed E-state index contributed by atoms with van der Waals surface area (Å²) in [6.07, 6.45) is 0. The molecule has 27 heavy (non-hydrogen) atoms. The van der Waals surface area contributed by atoms with E-state index in [0.717, 1.165) is 5.56 Å². The van der Waals surface area contributed by atoms with Gasteiger partial charge in [-0.25, -0.2) is 9.59 Å². The molecule has 0 unspecified atom stereocenters. The van der Waals surface area contributed by atoms with Crippen molar-refractivity contribution in [2.45, 2.75) is 26.7 Å². The van der Waals surface area contributed by atoms with Crippen molar-refractivity contribution in [1.29, 1.82) is 0 Å². The predicted molar refractivity (Wildman–Crippen MR) is 102 cm³/mol. The number of rotatable bonds is 7. The summed E-state index contributed by atoms with van der Waals surface area (Å²) in [4.78, 5) is 36.1. The molecular weight excluding hydrogens is 346 g/mol. The topological polar surface area (TPSA) is 81.7 Å². The maximum atomic E-state index is 12.1. The number of benzene rings is 2. The zero-order chi connectivity index (χ0) is 19.8. The number of anilines is 1. The molecule has 0 aromatic heterocycles. The number of carbonyl (C=O) groups is 3. The van der Waals surface area contributed by atoms with E-state index in [4.69, 9.17) is 9.47 Å². The van der Waals surface area contributed by atoms with Gasteiger partial charge in [-0.3, -0.25) is 4.79 Å². The molecule has 2 aromatic rings. The zero-order valence-corrected chi connectivity index (χ0v) is 15.7. The SMILES string of the molecule is CCOC(=O)c1ccccc1NC(=O)COC(=O)c1ccc(C(C)C)cc1. The van der Waals surface area contributed by atoms with Gasteiger partial charge in [0.1, 0.15) is 0 Å². The van der Waals surface area contributed by atoms with Gasteiger partial charge in [-0.15, -0.1) is 0 Å². The van der Waals surface area contributed by atoms with Crippen LogP contribution in [0.2, 0.25) is 0 Å². The lowest BCUT2D eigenvalue weighted by atomic mass is 10.0. The first-order valence-corrected chi connectivity index (χ1v) is 8.75. The monoisotopic (exact) mass is 369 g/mol. The van der Waals surface area contributed by atoms with Crippen molar-refractivity contribution in [3.05, 3.63) is 65.2 Å². The molecule has 2 aromatic carbocycles. The second-order valence-corrected chi connectivity index (χ2v) is 6.17. The van der Waals surface area contributed by atoms with Gasteiger partial charge in [-0.1, -0.05) is 38.1 Å². The van der Waals surface area contributed by atoms with Crippen LogP contribution in [0.15, 0.2) is 48.5 Å². The molecule has 0 saturated heterocycles. The van der Waals surface area contributed by atoms with Crippen molar-refractivity contribution in [3.8, 4) is 0 Å². The van der Waals surface area contributed by atoms with Crippen LogP contribution in [0.25, 0.3) is 0 Å². The molecule has 0 atom stereocenters. The molecule has 1 N–H and O–H groups in total. The van der Waals surface area contributed by atoms with Crippen molar-refractivity contribution >= 4 is 23.5 Å². The summed E-state index contributed by atoms with van der Waals surface area (Å²) < 4.78 is 10.0. The molecule has 0 saturated carbocycles. The average Bonchev–Trinajstić information content (AvgIpc) is 2.66. The van der Waals surface area contributed by atoms with E-state index >= 15 is 0 Å². The highest BCUT2D eigenvalue weighted by Crippen LogP contribution is 2.17. The number of amides is 1. The molecule has 142 valence electrons. The van der Waals surface area contributed by atoms with E-state index in [1.54, 1.807) is 43.3 Å². The third kappa shape index (κ3) is 5.67. The van der Waals surface area contributed by atoms with E-state index in [-0.39, 0.29) is 12.2 Å². The van der Waals surface area contributed by atoms with Gasteiger partial charge in [0.25, 0.3) is 5.91 Å². The van der Waals surface area contributed by atoms with Gasteiger partial charge in [-0.2, -0.15) is 0 Å². The lowest BCUT2D eigenvalue weighted by Crippen LogP contribution is -2.22. The van der Waals surface area contributed by atoms with Gasteiger partial charge < -0.3 is 14.8 Å². The largest absolute Gasteiger partial charge is 0.462 e. The van der Waals surface area contributed by atoms with Crippen LogP contribution in [0.3, 0.4) is 0 Å². The Morgan fingerprint density at radius 2 is 1.59 bits per heavy atom. The van der Waals surface area contributed by atoms with Crippen molar-refractivity contribution in [1.82, 2.24) is 0 Å². The summed E-state index contributed by atoms with van der Waals surface area (Å²) in [6, 6.07) is 13.5. The van der Waals surface area contributed by atoms with Crippen molar-refractivity contribution in [2.24, 2.45) is 0 Å². The molecular formula is C21H23NO5. The molecule has 0 spiro atoms. The first kappa shape index (κ1) is 20.2. The Kier molecular flexibility index (Phi) is 7.11. The maximum absolute atomic E-state index is 12.1. The molecule has 0 bridgehead atoms. The minimum Gasteiger partial charge on any atom is -0.462 e. The molecule has 6 nitrogen and oxygen atoms in total. The Morgan fingerprint density at radius 3 is 2.22 bits per heavy atom. The maximum Gasteiger partial charge on any atom is 0.340 e. The number of hydrogen-bond donors (Lipinski definition) is 1. The molecule has 0 radical (unpaired) electrons. The smallest absolute Gasteiger partial charge is 0.340 e. The molecule has 0 aliphatic carbocycles. The lowest BCUT2D eigenvalue weighted by Gasteiger charge is -2.11. The highest BCUT2D eigenvalue weighted by atomic mass is 16.5. The van der Waals surface area contributed by atoms with Gasteiger partial charge in [0.15, 0.2) is 6.61 Å². The number of ether oxygens (including phenoxy) is 2. The zero-order valence-electron chi connectivity index (χ0n) is 15.7. The predicted octanol–water partition coefficient (Wildman–Crippen LogP) is 3.78. The molecule has 0 fully saturated rings. The standard InChI is InChI=1S/C21H23NO5/c1-4-26-21(25)17-7-5-6-8-18(17)22-19(23)13-27-20(24)16-11-9-15(10-12-16)14(2)3/h5-12,14H,4,13H2,1-3H3,(H,22,23). The van der Waals surface area contributed by atoms with Crippen molar-refractivity contribution < 1.29 is 23.9 Å². The quantitative estimate of drug-likeness (QED) is 0.751. The van der Waals surface area contributed by atoms with Crippen LogP contribution in [0.4, 0.5) is 5.69 Å². The molecule has 6 heteroatoms. The third-order valence-electron chi connectivity index (χ3n) is 3.84. The molecule has 0 heterocycles. The fraction of sp³-hybridized carbons (Fsp3) is 0.286. The lowest BCUT2D eigenvalue weighted by molar-refractivity contribution is -0.119. The Labute approximate surface area is 158 Å². The van der Waals surface area contributed by atoms with Crippen molar-refractivity contribution in [3.63, 3.8) is 0 Å². The van der Waals surface area contributed by atoms with E-state index in [2.05, 4.69) is 19.2 Å². The normalized spacial score (nSPS) is 10.4. The minimum atomic E-state index is -0.584. The van der Waals surface area contributed by atoms with Crippen LogP contribution in [0.5, 0.6) is 0 Å². The Hall–Kier alpha value is -3.15. The summed E-state index contributed by atoms with van der Waals surface area (Å²) in [6.45, 7) is 5.60. The van der Waals surface area contributed by atoms with Crippen LogP contribution in [-0.2, 0) is 14.3 Å². The Balaban J connectivity index is 1.95. The fourth-order valence-corrected chi connectivity index (χ4v) is 2.38. The van der Waals surface area contributed by atoms with Crippen LogP contribution in [0.1, 0.15) is 53.0 Å². The highest BCUT2D eigenvalue weighted by Gasteiger charge is 2.15. The van der Waals surface area contributed by atoms with Crippen LogP contribution >= 0.6 is 0 Å². The van der Waals surface area contributed by atoms with E-state index in [0.29, 0.717) is 17.2 Å². The first-order chi connectivity index (χ1) is 12.9. The number of esters is 2. The summed E-state index contributed by atoms with van der Waals surface area (Å²) in [7, 11) is 0. The van der Waals surface area contributed by atoms with Gasteiger partial charge in [-0.05, 0) is 42.7 Å². The number of para-hydroxylation sites is 1. The highest BCUT2D eigenvalue weighted by molar-refractivity contribution is 6.02. The van der Waals surface area contributed by atoms with E-state index in [9.17, 15) is 14.4 Å². The van der Waals surface area contributed by atoms with Gasteiger partial charge >= 0.3 is 11.9 Å². The number of nitrogens with one attached hydrogen (secondary N) is 1. The van der Waals surface area contributed by atoms with Crippen molar-refractivity contribution in [2.75, 3.05) is 18.5 Å². The number of hydrogen-bond acceptors (Lipinski definition) is 5. The number of carbonyl (C=O) groups excluding carboxylic acids is 3. The molecule has 1 amide bonds. The summed E-state index contributed by atoms with van der Waals surface area (Å²) in [5.74, 6) is -1.30. The molecule has 2 rings (SSSR count). The minimum absolute atomic E-state index is 0.230. The van der Waals surface area contributed by atoms with Crippen LogP contribution in [-0.4, -0.2) is 31.1 Å². The summed E-state index contributed by atoms with van der Waals surface area (Å²) in [5.41, 5.74) is 2.03. The van der Waals surface area contributed by atoms with E-state index in [1.165, 1.54) is 0 Å². The van der Waals surface area contributed by atoms with E-state index in [1.807, 2.05) is 12.1 Å². The second kappa shape index (κ2) is 9.52. The Bertz CT molecular complexity index is 812. The van der Waals surface area contributed by atoms with Gasteiger partial charge in [0.05, 0.1) is 23.4 Å². The summed E-state index contributed by atoms with van der Waals surface area (Å²) >= 11 is 0. The van der Waals surface area contributed by atoms with Crippen LogP contribution in [0, 0.1) is 0 Å². The van der Waals surface area contributed by atoms with Gasteiger partial charge in [0.2, 0.25) is 0 Å². The summed E-state index contributed by atoms with van der Waals surface area (Å²) in [5, 5.41) is 2.56. The van der Waals surface area contributed by atoms with Crippen LogP contribution < -0.4 is 5.32 Å². The van der Waals surface area contributed by atoms with Gasteiger partial charge in [0, 0.05) is 0 Å². The molecule has 0 aliphatic rings. The molecule has 0 aliphatic heterocycles. The van der Waals surface area contributed by atoms with E-state index < -0.39 is 24.5 Å². The second-order valence-electron chi connectivity index (χ2n) is 6.17. The fourth-order valence-electron chi connectivity index (χ4n) is 2.38. The third-order valence-corrected chi connectivity index (χ3v) is 3.84. The Morgan fingerprint density at radius 1 is 0.926 bits per heavy atom. The first-order valence-electron chi connectivity index (χ1n) is 8.75.